The summed E-state index contributed by atoms with van der Waals surface area (Å²) in [5.74, 6) is 0. The Labute approximate surface area is 129 Å². The van der Waals surface area contributed by atoms with Crippen molar-refractivity contribution in [3.8, 4) is 10.6 Å². The van der Waals surface area contributed by atoms with Crippen molar-refractivity contribution < 1.29 is 0 Å². The predicted octanol–water partition coefficient (Wildman–Crippen LogP) is 3.78. The Morgan fingerprint density at radius 2 is 2.05 bits per heavy atom. The zero-order chi connectivity index (χ0) is 14.5. The van der Waals surface area contributed by atoms with E-state index in [0.29, 0.717) is 0 Å². The number of benzene rings is 1. The molecule has 2 heterocycles. The molecular formula is C17H19N3S. The molecule has 0 saturated heterocycles. The summed E-state index contributed by atoms with van der Waals surface area (Å²) < 4.78 is 0. The van der Waals surface area contributed by atoms with Crippen LogP contribution in [0.5, 0.6) is 0 Å². The molecule has 2 aromatic heterocycles. The van der Waals surface area contributed by atoms with Crippen LogP contribution >= 0.6 is 11.3 Å². The lowest BCUT2D eigenvalue weighted by atomic mass is 10.1. The van der Waals surface area contributed by atoms with Crippen molar-refractivity contribution in [1.82, 2.24) is 15.5 Å². The highest BCUT2D eigenvalue weighted by Crippen LogP contribution is 2.25. The Morgan fingerprint density at radius 3 is 2.86 bits per heavy atom. The molecule has 21 heavy (non-hydrogen) atoms. The fourth-order valence-electron chi connectivity index (χ4n) is 2.42. The summed E-state index contributed by atoms with van der Waals surface area (Å²) in [6.45, 7) is 3.98. The highest BCUT2D eigenvalue weighted by Gasteiger charge is 2.08. The van der Waals surface area contributed by atoms with Gasteiger partial charge < -0.3 is 5.32 Å². The van der Waals surface area contributed by atoms with Gasteiger partial charge in [0.25, 0.3) is 0 Å². The summed E-state index contributed by atoms with van der Waals surface area (Å²) in [7, 11) is 0. The van der Waals surface area contributed by atoms with Gasteiger partial charge in [0.1, 0.15) is 0 Å². The van der Waals surface area contributed by atoms with Crippen molar-refractivity contribution in [2.75, 3.05) is 6.54 Å². The molecule has 4 heteroatoms. The van der Waals surface area contributed by atoms with Gasteiger partial charge in [-0.3, -0.25) is 5.10 Å². The van der Waals surface area contributed by atoms with Gasteiger partial charge in [0, 0.05) is 12.1 Å². The van der Waals surface area contributed by atoms with Gasteiger partial charge in [-0.1, -0.05) is 30.3 Å². The van der Waals surface area contributed by atoms with Crippen LogP contribution < -0.4 is 5.32 Å². The number of hydrogen-bond acceptors (Lipinski definition) is 3. The number of aromatic amines is 1. The monoisotopic (exact) mass is 297 g/mol. The Bertz CT molecular complexity index is 686. The summed E-state index contributed by atoms with van der Waals surface area (Å²) >= 11 is 1.73. The maximum absolute atomic E-state index is 4.17. The highest BCUT2D eigenvalue weighted by molar-refractivity contribution is 7.13. The van der Waals surface area contributed by atoms with E-state index in [9.17, 15) is 0 Å². The summed E-state index contributed by atoms with van der Waals surface area (Å²) in [4.78, 5) is 1.24. The van der Waals surface area contributed by atoms with Gasteiger partial charge in [-0.05, 0) is 42.5 Å². The number of thiophene rings is 1. The van der Waals surface area contributed by atoms with E-state index in [-0.39, 0.29) is 0 Å². The third-order valence-electron chi connectivity index (χ3n) is 3.63. The van der Waals surface area contributed by atoms with Crippen molar-refractivity contribution in [2.45, 2.75) is 19.9 Å². The van der Waals surface area contributed by atoms with Crippen LogP contribution in [0.2, 0.25) is 0 Å². The van der Waals surface area contributed by atoms with Crippen LogP contribution in [-0.4, -0.2) is 16.7 Å². The molecule has 0 aliphatic heterocycles. The van der Waals surface area contributed by atoms with E-state index in [0.717, 1.165) is 25.2 Å². The minimum atomic E-state index is 0.843. The molecule has 3 rings (SSSR count). The lowest BCUT2D eigenvalue weighted by molar-refractivity contribution is 0.686. The summed E-state index contributed by atoms with van der Waals surface area (Å²) in [5, 5.41) is 12.9. The highest BCUT2D eigenvalue weighted by atomic mass is 32.1. The van der Waals surface area contributed by atoms with Crippen LogP contribution in [0.3, 0.4) is 0 Å². The number of nitrogens with one attached hydrogen (secondary N) is 2. The zero-order valence-corrected chi connectivity index (χ0v) is 12.9. The summed E-state index contributed by atoms with van der Waals surface area (Å²) in [5.41, 5.74) is 5.13. The normalized spacial score (nSPS) is 10.9. The molecule has 0 aliphatic carbocycles. The molecule has 0 radical (unpaired) electrons. The van der Waals surface area contributed by atoms with Crippen molar-refractivity contribution in [2.24, 2.45) is 0 Å². The zero-order valence-electron chi connectivity index (χ0n) is 12.1. The SMILES string of the molecule is Cc1ccccc1CCNCc1cn[nH]c1-c1cccs1. The van der Waals surface area contributed by atoms with Gasteiger partial charge in [-0.15, -0.1) is 11.3 Å². The Morgan fingerprint density at radius 1 is 1.14 bits per heavy atom. The Hall–Kier alpha value is -1.91. The first-order chi connectivity index (χ1) is 10.3. The molecule has 2 N–H and O–H groups in total. The standard InChI is InChI=1S/C17H19N3S/c1-13-5-2-3-6-14(13)8-9-18-11-15-12-19-20-17(15)16-7-4-10-21-16/h2-7,10,12,18H,8-9,11H2,1H3,(H,19,20). The van der Waals surface area contributed by atoms with Crippen molar-refractivity contribution >= 4 is 11.3 Å². The van der Waals surface area contributed by atoms with E-state index < -0.39 is 0 Å². The number of H-pyrrole nitrogens is 1. The molecule has 3 nitrogen and oxygen atoms in total. The lowest BCUT2D eigenvalue weighted by Gasteiger charge is -2.07. The molecule has 1 aromatic carbocycles. The third-order valence-corrected chi connectivity index (χ3v) is 4.52. The molecule has 0 unspecified atom stereocenters. The number of rotatable bonds is 6. The molecule has 0 atom stereocenters. The number of aryl methyl sites for hydroxylation is 1. The minimum absolute atomic E-state index is 0.843. The molecule has 3 aromatic rings. The second kappa shape index (κ2) is 6.70. The first-order valence-corrected chi connectivity index (χ1v) is 8.04. The van der Waals surface area contributed by atoms with Crippen LogP contribution in [0.1, 0.15) is 16.7 Å². The molecule has 0 spiro atoms. The molecule has 108 valence electrons. The minimum Gasteiger partial charge on any atom is -0.312 e. The van der Waals surface area contributed by atoms with Crippen molar-refractivity contribution in [3.63, 3.8) is 0 Å². The van der Waals surface area contributed by atoms with E-state index in [2.05, 4.69) is 64.2 Å². The molecule has 0 aliphatic rings. The fraction of sp³-hybridized carbons (Fsp3) is 0.235. The van der Waals surface area contributed by atoms with Crippen molar-refractivity contribution in [1.29, 1.82) is 0 Å². The van der Waals surface area contributed by atoms with Crippen LogP contribution in [-0.2, 0) is 13.0 Å². The largest absolute Gasteiger partial charge is 0.312 e. The topological polar surface area (TPSA) is 40.7 Å². The second-order valence-electron chi connectivity index (χ2n) is 5.10. The van der Waals surface area contributed by atoms with Crippen LogP contribution in [0.25, 0.3) is 10.6 Å². The molecule has 0 fully saturated rings. The molecule has 0 bridgehead atoms. The van der Waals surface area contributed by atoms with E-state index in [1.807, 2.05) is 6.20 Å². The van der Waals surface area contributed by atoms with Gasteiger partial charge in [-0.25, -0.2) is 0 Å². The smallest absolute Gasteiger partial charge is 0.0794 e. The number of aromatic nitrogens is 2. The average Bonchev–Trinajstić information content (AvgIpc) is 3.16. The average molecular weight is 297 g/mol. The van der Waals surface area contributed by atoms with Crippen molar-refractivity contribution in [3.05, 3.63) is 64.7 Å². The number of hydrogen-bond donors (Lipinski definition) is 2. The van der Waals surface area contributed by atoms with E-state index in [1.165, 1.54) is 21.6 Å². The maximum atomic E-state index is 4.17. The van der Waals surface area contributed by atoms with Gasteiger partial charge in [-0.2, -0.15) is 5.10 Å². The van der Waals surface area contributed by atoms with Crippen LogP contribution in [0.15, 0.2) is 48.0 Å². The number of nitrogens with zero attached hydrogens (tertiary/aromatic N) is 1. The summed E-state index contributed by atoms with van der Waals surface area (Å²) in [6.07, 6.45) is 2.97. The third kappa shape index (κ3) is 3.40. The second-order valence-corrected chi connectivity index (χ2v) is 6.05. The summed E-state index contributed by atoms with van der Waals surface area (Å²) in [6, 6.07) is 12.7. The lowest BCUT2D eigenvalue weighted by Crippen LogP contribution is -2.17. The quantitative estimate of drug-likeness (QED) is 0.680. The molecular weight excluding hydrogens is 278 g/mol. The Kier molecular flexibility index (Phi) is 4.48. The van der Waals surface area contributed by atoms with E-state index in [1.54, 1.807) is 11.3 Å². The van der Waals surface area contributed by atoms with Crippen LogP contribution in [0.4, 0.5) is 0 Å². The molecule has 0 saturated carbocycles. The van der Waals surface area contributed by atoms with E-state index >= 15 is 0 Å². The fourth-order valence-corrected chi connectivity index (χ4v) is 3.17. The van der Waals surface area contributed by atoms with E-state index in [4.69, 9.17) is 0 Å². The van der Waals surface area contributed by atoms with Crippen LogP contribution in [0, 0.1) is 6.92 Å². The molecule has 0 amide bonds. The maximum Gasteiger partial charge on any atom is 0.0794 e. The van der Waals surface area contributed by atoms with Gasteiger partial charge in [0.2, 0.25) is 0 Å². The Balaban J connectivity index is 1.55. The van der Waals surface area contributed by atoms with Gasteiger partial charge >= 0.3 is 0 Å². The first kappa shape index (κ1) is 14.0. The predicted molar refractivity (Wildman–Crippen MR) is 88.5 cm³/mol. The first-order valence-electron chi connectivity index (χ1n) is 7.16. The van der Waals surface area contributed by atoms with Gasteiger partial charge in [0.15, 0.2) is 0 Å². The van der Waals surface area contributed by atoms with Gasteiger partial charge in [0.05, 0.1) is 16.8 Å².